The van der Waals surface area contributed by atoms with E-state index >= 15 is 0 Å². The van der Waals surface area contributed by atoms with Gasteiger partial charge in [-0.3, -0.25) is 4.79 Å². The van der Waals surface area contributed by atoms with E-state index in [1.165, 1.54) is 0 Å². The highest BCUT2D eigenvalue weighted by Gasteiger charge is 2.11. The molecule has 1 aromatic carbocycles. The van der Waals surface area contributed by atoms with Crippen molar-refractivity contribution in [2.45, 2.75) is 19.4 Å². The topological polar surface area (TPSA) is 65.4 Å². The van der Waals surface area contributed by atoms with Gasteiger partial charge in [0.2, 0.25) is 5.91 Å². The minimum atomic E-state index is -0.0934. The number of nitriles is 1. The fourth-order valence-corrected chi connectivity index (χ4v) is 1.77. The number of hydrogen-bond donors (Lipinski definition) is 1. The maximum absolute atomic E-state index is 11.9. The van der Waals surface area contributed by atoms with Gasteiger partial charge in [0.15, 0.2) is 0 Å². The van der Waals surface area contributed by atoms with Crippen LogP contribution in [0.2, 0.25) is 0 Å². The molecule has 0 aliphatic rings. The van der Waals surface area contributed by atoms with E-state index in [9.17, 15) is 4.79 Å². The fourth-order valence-electron chi connectivity index (χ4n) is 1.77. The number of para-hydroxylation sites is 1. The lowest BCUT2D eigenvalue weighted by molar-refractivity contribution is -0.116. The van der Waals surface area contributed by atoms with Gasteiger partial charge < -0.3 is 15.0 Å². The SMILES string of the molecule is COCC(C)N(C)CCC(=O)Nc1ccccc1C#N. The van der Waals surface area contributed by atoms with Crippen LogP contribution in [-0.2, 0) is 9.53 Å². The van der Waals surface area contributed by atoms with Crippen molar-refractivity contribution in [2.24, 2.45) is 0 Å². The Morgan fingerprint density at radius 2 is 2.20 bits per heavy atom. The van der Waals surface area contributed by atoms with Crippen molar-refractivity contribution >= 4 is 11.6 Å². The molecule has 1 rings (SSSR count). The minimum Gasteiger partial charge on any atom is -0.383 e. The lowest BCUT2D eigenvalue weighted by Gasteiger charge is -2.23. The number of benzene rings is 1. The van der Waals surface area contributed by atoms with Crippen molar-refractivity contribution in [1.82, 2.24) is 4.90 Å². The third-order valence-corrected chi connectivity index (χ3v) is 3.17. The van der Waals surface area contributed by atoms with E-state index < -0.39 is 0 Å². The predicted molar refractivity (Wildman–Crippen MR) is 78.4 cm³/mol. The van der Waals surface area contributed by atoms with Crippen molar-refractivity contribution < 1.29 is 9.53 Å². The number of carbonyl (C=O) groups is 1. The van der Waals surface area contributed by atoms with Crippen molar-refractivity contribution in [1.29, 1.82) is 5.26 Å². The Kier molecular flexibility index (Phi) is 6.71. The van der Waals surface area contributed by atoms with E-state index in [0.717, 1.165) is 0 Å². The number of methoxy groups -OCH3 is 1. The number of nitrogens with one attached hydrogen (secondary N) is 1. The molecular weight excluding hydrogens is 254 g/mol. The Hall–Kier alpha value is -1.90. The van der Waals surface area contributed by atoms with Crippen LogP contribution in [0.25, 0.3) is 0 Å². The molecule has 1 N–H and O–H groups in total. The monoisotopic (exact) mass is 275 g/mol. The number of hydrogen-bond acceptors (Lipinski definition) is 4. The normalized spacial score (nSPS) is 11.9. The Morgan fingerprint density at radius 1 is 1.50 bits per heavy atom. The molecule has 0 aliphatic carbocycles. The second-order valence-corrected chi connectivity index (χ2v) is 4.74. The first kappa shape index (κ1) is 16.2. The van der Waals surface area contributed by atoms with Crippen LogP contribution in [0.5, 0.6) is 0 Å². The maximum Gasteiger partial charge on any atom is 0.225 e. The lowest BCUT2D eigenvalue weighted by Crippen LogP contribution is -2.35. The molecule has 5 heteroatoms. The number of amides is 1. The van der Waals surface area contributed by atoms with Gasteiger partial charge in [0.05, 0.1) is 17.9 Å². The van der Waals surface area contributed by atoms with Crippen LogP contribution in [0, 0.1) is 11.3 Å². The summed E-state index contributed by atoms with van der Waals surface area (Å²) in [7, 11) is 3.62. The maximum atomic E-state index is 11.9. The smallest absolute Gasteiger partial charge is 0.225 e. The number of nitrogens with zero attached hydrogens (tertiary/aromatic N) is 2. The van der Waals surface area contributed by atoms with Gasteiger partial charge in [-0.05, 0) is 26.1 Å². The molecule has 0 aromatic heterocycles. The summed E-state index contributed by atoms with van der Waals surface area (Å²) in [4.78, 5) is 14.0. The van der Waals surface area contributed by atoms with Crippen molar-refractivity contribution in [3.63, 3.8) is 0 Å². The molecule has 1 aromatic rings. The van der Waals surface area contributed by atoms with Gasteiger partial charge in [-0.2, -0.15) is 5.26 Å². The molecule has 20 heavy (non-hydrogen) atoms. The van der Waals surface area contributed by atoms with Gasteiger partial charge in [-0.15, -0.1) is 0 Å². The molecule has 1 amide bonds. The molecule has 0 bridgehead atoms. The summed E-state index contributed by atoms with van der Waals surface area (Å²) in [5, 5.41) is 11.7. The number of likely N-dealkylation sites (N-methyl/N-ethyl adjacent to an activating group) is 1. The fraction of sp³-hybridized carbons (Fsp3) is 0.467. The van der Waals surface area contributed by atoms with Gasteiger partial charge in [-0.25, -0.2) is 0 Å². The summed E-state index contributed by atoms with van der Waals surface area (Å²) in [6, 6.07) is 9.30. The quantitative estimate of drug-likeness (QED) is 0.825. The van der Waals surface area contributed by atoms with Crippen molar-refractivity contribution in [2.75, 3.05) is 32.6 Å². The summed E-state index contributed by atoms with van der Waals surface area (Å²) in [5.41, 5.74) is 1.04. The van der Waals surface area contributed by atoms with E-state index in [1.807, 2.05) is 14.0 Å². The highest BCUT2D eigenvalue weighted by molar-refractivity contribution is 5.92. The molecule has 0 aliphatic heterocycles. The van der Waals surface area contributed by atoms with Crippen LogP contribution < -0.4 is 5.32 Å². The molecule has 0 saturated heterocycles. The van der Waals surface area contributed by atoms with E-state index in [-0.39, 0.29) is 11.9 Å². The van der Waals surface area contributed by atoms with Gasteiger partial charge in [0, 0.05) is 26.1 Å². The Bertz CT molecular complexity index is 482. The molecule has 0 spiro atoms. The molecule has 1 unspecified atom stereocenters. The first-order valence-electron chi connectivity index (χ1n) is 6.56. The summed E-state index contributed by atoms with van der Waals surface area (Å²) < 4.78 is 5.08. The predicted octanol–water partition coefficient (Wildman–Crippen LogP) is 1.85. The molecule has 0 fully saturated rings. The van der Waals surface area contributed by atoms with Gasteiger partial charge in [0.25, 0.3) is 0 Å². The first-order valence-corrected chi connectivity index (χ1v) is 6.56. The molecule has 108 valence electrons. The number of anilines is 1. The molecule has 0 heterocycles. The minimum absolute atomic E-state index is 0.0934. The van der Waals surface area contributed by atoms with Crippen LogP contribution in [-0.4, -0.2) is 44.2 Å². The highest BCUT2D eigenvalue weighted by atomic mass is 16.5. The van der Waals surface area contributed by atoms with Crippen LogP contribution in [0.1, 0.15) is 18.9 Å². The van der Waals surface area contributed by atoms with Crippen LogP contribution in [0.4, 0.5) is 5.69 Å². The molecule has 0 radical (unpaired) electrons. The zero-order valence-electron chi connectivity index (χ0n) is 12.2. The molecule has 5 nitrogen and oxygen atoms in total. The number of rotatable bonds is 7. The highest BCUT2D eigenvalue weighted by Crippen LogP contribution is 2.13. The van der Waals surface area contributed by atoms with E-state index in [2.05, 4.69) is 16.3 Å². The van der Waals surface area contributed by atoms with Crippen LogP contribution in [0.3, 0.4) is 0 Å². The van der Waals surface area contributed by atoms with Gasteiger partial charge in [0.1, 0.15) is 6.07 Å². The largest absolute Gasteiger partial charge is 0.383 e. The average molecular weight is 275 g/mol. The second kappa shape index (κ2) is 8.31. The zero-order chi connectivity index (χ0) is 15.0. The first-order chi connectivity index (χ1) is 9.58. The van der Waals surface area contributed by atoms with Crippen molar-refractivity contribution in [3.05, 3.63) is 29.8 Å². The van der Waals surface area contributed by atoms with Gasteiger partial charge in [-0.1, -0.05) is 12.1 Å². The Labute approximate surface area is 120 Å². The third kappa shape index (κ3) is 5.00. The third-order valence-electron chi connectivity index (χ3n) is 3.17. The average Bonchev–Trinajstić information content (AvgIpc) is 2.45. The van der Waals surface area contributed by atoms with Crippen LogP contribution >= 0.6 is 0 Å². The zero-order valence-corrected chi connectivity index (χ0v) is 12.2. The van der Waals surface area contributed by atoms with Crippen LogP contribution in [0.15, 0.2) is 24.3 Å². The molecule has 1 atom stereocenters. The Balaban J connectivity index is 2.46. The summed E-state index contributed by atoms with van der Waals surface area (Å²) in [6.07, 6.45) is 0.379. The van der Waals surface area contributed by atoms with Crippen molar-refractivity contribution in [3.8, 4) is 6.07 Å². The van der Waals surface area contributed by atoms with E-state index in [0.29, 0.717) is 30.8 Å². The Morgan fingerprint density at radius 3 is 2.85 bits per heavy atom. The second-order valence-electron chi connectivity index (χ2n) is 4.74. The van der Waals surface area contributed by atoms with Gasteiger partial charge >= 0.3 is 0 Å². The van der Waals surface area contributed by atoms with E-state index in [4.69, 9.17) is 10.00 Å². The molecular formula is C15H21N3O2. The number of carbonyl (C=O) groups excluding carboxylic acids is 1. The number of ether oxygens (including phenoxy) is 1. The summed E-state index contributed by atoms with van der Waals surface area (Å²) in [5.74, 6) is -0.0934. The summed E-state index contributed by atoms with van der Waals surface area (Å²) >= 11 is 0. The lowest BCUT2D eigenvalue weighted by atomic mass is 10.2. The summed E-state index contributed by atoms with van der Waals surface area (Å²) in [6.45, 7) is 3.33. The standard InChI is InChI=1S/C15H21N3O2/c1-12(11-20-3)18(2)9-8-15(19)17-14-7-5-4-6-13(14)10-16/h4-7,12H,8-9,11H2,1-3H3,(H,17,19). The van der Waals surface area contributed by atoms with E-state index in [1.54, 1.807) is 31.4 Å². The molecule has 0 saturated carbocycles.